The van der Waals surface area contributed by atoms with Crippen LogP contribution in [0, 0.1) is 0 Å². The van der Waals surface area contributed by atoms with Crippen LogP contribution < -0.4 is 5.73 Å². The maximum absolute atomic E-state index is 5.69. The average molecular weight is 204 g/mol. The Morgan fingerprint density at radius 2 is 2.40 bits per heavy atom. The highest BCUT2D eigenvalue weighted by Gasteiger charge is 2.06. The molecular formula is C7H10BrNO. The van der Waals surface area contributed by atoms with Gasteiger partial charge in [0.2, 0.25) is 0 Å². The van der Waals surface area contributed by atoms with Crippen molar-refractivity contribution in [1.82, 2.24) is 0 Å². The third-order valence-electron chi connectivity index (χ3n) is 1.40. The van der Waals surface area contributed by atoms with E-state index in [1.807, 2.05) is 19.1 Å². The van der Waals surface area contributed by atoms with E-state index in [9.17, 15) is 0 Å². The highest BCUT2D eigenvalue weighted by atomic mass is 79.9. The minimum Gasteiger partial charge on any atom is -0.453 e. The summed E-state index contributed by atoms with van der Waals surface area (Å²) in [5, 5.41) is 0. The molecule has 0 saturated carbocycles. The summed E-state index contributed by atoms with van der Waals surface area (Å²) < 4.78 is 5.97. The number of halogens is 1. The molecule has 0 aliphatic heterocycles. The lowest BCUT2D eigenvalue weighted by Crippen LogP contribution is -2.06. The third kappa shape index (κ3) is 1.61. The van der Waals surface area contributed by atoms with Crippen LogP contribution in [0.4, 0.5) is 0 Å². The van der Waals surface area contributed by atoms with E-state index in [0.29, 0.717) is 0 Å². The van der Waals surface area contributed by atoms with Crippen molar-refractivity contribution in [2.24, 2.45) is 5.73 Å². The molecule has 1 aromatic rings. The molecule has 0 aliphatic carbocycles. The van der Waals surface area contributed by atoms with Crippen LogP contribution in [0.5, 0.6) is 0 Å². The van der Waals surface area contributed by atoms with Crippen LogP contribution >= 0.6 is 15.9 Å². The molecule has 2 nitrogen and oxygen atoms in total. The summed E-state index contributed by atoms with van der Waals surface area (Å²) in [7, 11) is 0. The van der Waals surface area contributed by atoms with Gasteiger partial charge in [-0.1, -0.05) is 6.92 Å². The molecule has 3 heteroatoms. The Morgan fingerprint density at radius 3 is 2.80 bits per heavy atom. The molecule has 1 atom stereocenters. The second-order valence-corrected chi connectivity index (χ2v) is 2.94. The molecule has 1 aromatic heterocycles. The summed E-state index contributed by atoms with van der Waals surface area (Å²) in [5.41, 5.74) is 5.69. The zero-order valence-corrected chi connectivity index (χ0v) is 7.39. The minimum absolute atomic E-state index is 0.0336. The van der Waals surface area contributed by atoms with E-state index in [1.165, 1.54) is 0 Å². The molecule has 0 aromatic carbocycles. The summed E-state index contributed by atoms with van der Waals surface area (Å²) in [6.45, 7) is 2.03. The normalized spacial score (nSPS) is 13.5. The van der Waals surface area contributed by atoms with E-state index in [2.05, 4.69) is 15.9 Å². The van der Waals surface area contributed by atoms with E-state index in [0.717, 1.165) is 16.9 Å². The van der Waals surface area contributed by atoms with Crippen molar-refractivity contribution in [3.05, 3.63) is 22.6 Å². The maximum atomic E-state index is 5.69. The number of hydrogen-bond acceptors (Lipinski definition) is 2. The van der Waals surface area contributed by atoms with E-state index in [-0.39, 0.29) is 6.04 Å². The van der Waals surface area contributed by atoms with Gasteiger partial charge in [-0.3, -0.25) is 0 Å². The molecule has 1 heterocycles. The van der Waals surface area contributed by atoms with Gasteiger partial charge in [0.1, 0.15) is 5.76 Å². The number of furan rings is 1. The van der Waals surface area contributed by atoms with E-state index < -0.39 is 0 Å². The molecule has 0 amide bonds. The summed E-state index contributed by atoms with van der Waals surface area (Å²) in [5.74, 6) is 0.842. The van der Waals surface area contributed by atoms with Gasteiger partial charge in [-0.15, -0.1) is 0 Å². The van der Waals surface area contributed by atoms with Crippen LogP contribution in [0.2, 0.25) is 0 Å². The average Bonchev–Trinajstić information content (AvgIpc) is 2.34. The summed E-state index contributed by atoms with van der Waals surface area (Å²) in [4.78, 5) is 0. The lowest BCUT2D eigenvalue weighted by molar-refractivity contribution is 0.444. The molecular weight excluding hydrogens is 194 g/mol. The Kier molecular flexibility index (Phi) is 2.51. The first-order valence-electron chi connectivity index (χ1n) is 3.25. The van der Waals surface area contributed by atoms with Crippen LogP contribution in [0.3, 0.4) is 0 Å². The number of rotatable bonds is 2. The zero-order chi connectivity index (χ0) is 7.56. The fraction of sp³-hybridized carbons (Fsp3) is 0.429. The lowest BCUT2D eigenvalue weighted by atomic mass is 10.2. The molecule has 0 spiro atoms. The zero-order valence-electron chi connectivity index (χ0n) is 5.80. The van der Waals surface area contributed by atoms with Crippen LogP contribution in [-0.2, 0) is 0 Å². The molecule has 0 fully saturated rings. The summed E-state index contributed by atoms with van der Waals surface area (Å²) in [6, 6.07) is 3.77. The van der Waals surface area contributed by atoms with E-state index in [4.69, 9.17) is 10.2 Å². The van der Waals surface area contributed by atoms with Gasteiger partial charge in [-0.05, 0) is 34.5 Å². The molecule has 0 aliphatic rings. The molecule has 0 radical (unpaired) electrons. The molecule has 1 rings (SSSR count). The summed E-state index contributed by atoms with van der Waals surface area (Å²) >= 11 is 3.21. The third-order valence-corrected chi connectivity index (χ3v) is 1.83. The van der Waals surface area contributed by atoms with Gasteiger partial charge in [0.25, 0.3) is 0 Å². The van der Waals surface area contributed by atoms with Gasteiger partial charge >= 0.3 is 0 Å². The highest BCUT2D eigenvalue weighted by Crippen LogP contribution is 2.20. The van der Waals surface area contributed by atoms with Gasteiger partial charge in [0.05, 0.1) is 6.04 Å². The van der Waals surface area contributed by atoms with Crippen LogP contribution in [0.25, 0.3) is 0 Å². The van der Waals surface area contributed by atoms with E-state index >= 15 is 0 Å². The summed E-state index contributed by atoms with van der Waals surface area (Å²) in [6.07, 6.45) is 0.903. The van der Waals surface area contributed by atoms with Gasteiger partial charge in [-0.2, -0.15) is 0 Å². The standard InChI is InChI=1S/C7H10BrNO/c1-2-5(9)6-3-4-7(8)10-6/h3-5H,2,9H2,1H3/t5-/m1/s1. The molecule has 2 N–H and O–H groups in total. The number of nitrogens with two attached hydrogens (primary N) is 1. The lowest BCUT2D eigenvalue weighted by Gasteiger charge is -2.02. The van der Waals surface area contributed by atoms with Crippen LogP contribution in [0.1, 0.15) is 25.1 Å². The molecule has 0 saturated heterocycles. The van der Waals surface area contributed by atoms with Crippen molar-refractivity contribution in [1.29, 1.82) is 0 Å². The first-order chi connectivity index (χ1) is 4.74. The van der Waals surface area contributed by atoms with Crippen LogP contribution in [-0.4, -0.2) is 0 Å². The van der Waals surface area contributed by atoms with Gasteiger partial charge in [-0.25, -0.2) is 0 Å². The minimum atomic E-state index is 0.0336. The van der Waals surface area contributed by atoms with Gasteiger partial charge in [0.15, 0.2) is 4.67 Å². The fourth-order valence-electron chi connectivity index (χ4n) is 0.729. The van der Waals surface area contributed by atoms with Crippen molar-refractivity contribution in [2.75, 3.05) is 0 Å². The largest absolute Gasteiger partial charge is 0.453 e. The van der Waals surface area contributed by atoms with E-state index in [1.54, 1.807) is 0 Å². The quantitative estimate of drug-likeness (QED) is 0.803. The molecule has 0 bridgehead atoms. The molecule has 10 heavy (non-hydrogen) atoms. The highest BCUT2D eigenvalue weighted by molar-refractivity contribution is 9.10. The molecule has 0 unspecified atom stereocenters. The Balaban J connectivity index is 2.74. The maximum Gasteiger partial charge on any atom is 0.169 e. The first kappa shape index (κ1) is 7.82. The number of hydrogen-bond donors (Lipinski definition) is 1. The topological polar surface area (TPSA) is 39.2 Å². The monoisotopic (exact) mass is 203 g/mol. The first-order valence-corrected chi connectivity index (χ1v) is 4.04. The van der Waals surface area contributed by atoms with Crippen molar-refractivity contribution in [3.63, 3.8) is 0 Å². The molecule has 56 valence electrons. The predicted molar refractivity (Wildman–Crippen MR) is 43.6 cm³/mol. The van der Waals surface area contributed by atoms with Crippen molar-refractivity contribution < 1.29 is 4.42 Å². The van der Waals surface area contributed by atoms with Crippen molar-refractivity contribution in [3.8, 4) is 0 Å². The van der Waals surface area contributed by atoms with Gasteiger partial charge < -0.3 is 10.2 Å². The Morgan fingerprint density at radius 1 is 1.70 bits per heavy atom. The second-order valence-electron chi connectivity index (χ2n) is 2.16. The van der Waals surface area contributed by atoms with Crippen molar-refractivity contribution >= 4 is 15.9 Å². The van der Waals surface area contributed by atoms with Crippen LogP contribution in [0.15, 0.2) is 21.2 Å². The van der Waals surface area contributed by atoms with Crippen molar-refractivity contribution in [2.45, 2.75) is 19.4 Å². The SMILES string of the molecule is CC[C@@H](N)c1ccc(Br)o1. The Labute approximate surface area is 68.5 Å². The van der Waals surface area contributed by atoms with Gasteiger partial charge in [0, 0.05) is 0 Å². The second kappa shape index (κ2) is 3.21. The smallest absolute Gasteiger partial charge is 0.169 e. The Hall–Kier alpha value is -0.280. The predicted octanol–water partition coefficient (Wildman–Crippen LogP) is 2.45. The fourth-order valence-corrected chi connectivity index (χ4v) is 1.05. The Bertz CT molecular complexity index is 209.